The van der Waals surface area contributed by atoms with Crippen LogP contribution in [-0.4, -0.2) is 62.1 Å². The van der Waals surface area contributed by atoms with Crippen LogP contribution in [0.25, 0.3) is 0 Å². The van der Waals surface area contributed by atoms with E-state index in [0.717, 1.165) is 26.2 Å². The van der Waals surface area contributed by atoms with Crippen molar-refractivity contribution in [1.82, 2.24) is 9.80 Å². The van der Waals surface area contributed by atoms with E-state index in [0.29, 0.717) is 19.6 Å². The molecule has 0 spiro atoms. The number of methoxy groups -OCH3 is 1. The average Bonchev–Trinajstić information content (AvgIpc) is 2.30. The van der Waals surface area contributed by atoms with Crippen molar-refractivity contribution in [3.63, 3.8) is 0 Å². The second kappa shape index (κ2) is 7.25. The molecule has 1 heterocycles. The molecule has 1 aliphatic rings. The number of piperazine rings is 1. The summed E-state index contributed by atoms with van der Waals surface area (Å²) in [5.74, 6) is 0.468. The fourth-order valence-corrected chi connectivity index (χ4v) is 2.03. The highest BCUT2D eigenvalue weighted by atomic mass is 16.5. The van der Waals surface area contributed by atoms with Crippen LogP contribution < -0.4 is 0 Å². The number of hydrogen-bond donors (Lipinski definition) is 0. The molecule has 1 amide bonds. The van der Waals surface area contributed by atoms with E-state index in [2.05, 4.69) is 11.0 Å². The number of hydrogen-bond acceptors (Lipinski definition) is 4. The Bertz CT molecular complexity index is 280. The minimum absolute atomic E-state index is 0.200. The molecule has 0 bridgehead atoms. The molecule has 1 saturated heterocycles. The van der Waals surface area contributed by atoms with E-state index in [4.69, 9.17) is 10.00 Å². The van der Waals surface area contributed by atoms with E-state index in [1.165, 1.54) is 0 Å². The van der Waals surface area contributed by atoms with Crippen LogP contribution in [0.5, 0.6) is 0 Å². The highest BCUT2D eigenvalue weighted by molar-refractivity contribution is 5.76. The van der Waals surface area contributed by atoms with Gasteiger partial charge in [-0.1, -0.05) is 6.92 Å². The van der Waals surface area contributed by atoms with Crippen molar-refractivity contribution in [2.24, 2.45) is 5.92 Å². The lowest BCUT2D eigenvalue weighted by atomic mass is 10.1. The second-order valence-corrected chi connectivity index (χ2v) is 4.58. The van der Waals surface area contributed by atoms with Crippen molar-refractivity contribution < 1.29 is 9.53 Å². The normalized spacial score (nSPS) is 18.8. The zero-order chi connectivity index (χ0) is 12.7. The minimum atomic E-state index is 0.200. The molecule has 5 nitrogen and oxygen atoms in total. The van der Waals surface area contributed by atoms with E-state index in [-0.39, 0.29) is 11.8 Å². The topological polar surface area (TPSA) is 56.6 Å². The van der Waals surface area contributed by atoms with Gasteiger partial charge in [-0.25, -0.2) is 0 Å². The SMILES string of the molecule is COCC(C)CC(=O)N1CCN(CC#N)CC1. The maximum atomic E-state index is 11.9. The Morgan fingerprint density at radius 2 is 2.06 bits per heavy atom. The lowest BCUT2D eigenvalue weighted by Crippen LogP contribution is -2.49. The van der Waals surface area contributed by atoms with Crippen molar-refractivity contribution in [3.05, 3.63) is 0 Å². The third-order valence-corrected chi connectivity index (χ3v) is 2.99. The van der Waals surface area contributed by atoms with Crippen LogP contribution in [0.15, 0.2) is 0 Å². The standard InChI is InChI=1S/C12H21N3O2/c1-11(10-17-2)9-12(16)15-7-5-14(4-3-13)6-8-15/h11H,4-10H2,1-2H3. The summed E-state index contributed by atoms with van der Waals surface area (Å²) in [6.07, 6.45) is 0.548. The Balaban J connectivity index is 2.28. The monoisotopic (exact) mass is 239 g/mol. The lowest BCUT2D eigenvalue weighted by molar-refractivity contribution is -0.134. The first-order valence-electron chi connectivity index (χ1n) is 6.03. The Morgan fingerprint density at radius 1 is 1.41 bits per heavy atom. The Morgan fingerprint density at radius 3 is 2.59 bits per heavy atom. The summed E-state index contributed by atoms with van der Waals surface area (Å²) in [5, 5.41) is 8.59. The van der Waals surface area contributed by atoms with Crippen molar-refractivity contribution >= 4 is 5.91 Å². The molecule has 17 heavy (non-hydrogen) atoms. The first-order valence-corrected chi connectivity index (χ1v) is 6.03. The minimum Gasteiger partial charge on any atom is -0.384 e. The van der Waals surface area contributed by atoms with E-state index in [1.54, 1.807) is 7.11 Å². The van der Waals surface area contributed by atoms with Crippen molar-refractivity contribution in [3.8, 4) is 6.07 Å². The Hall–Kier alpha value is -1.12. The first-order chi connectivity index (χ1) is 8.17. The van der Waals surface area contributed by atoms with Gasteiger partial charge in [0.05, 0.1) is 12.6 Å². The smallest absolute Gasteiger partial charge is 0.223 e. The number of carbonyl (C=O) groups excluding carboxylic acids is 1. The summed E-state index contributed by atoms with van der Waals surface area (Å²) in [6.45, 7) is 6.19. The molecular formula is C12H21N3O2. The molecule has 1 aliphatic heterocycles. The highest BCUT2D eigenvalue weighted by Crippen LogP contribution is 2.08. The largest absolute Gasteiger partial charge is 0.384 e. The van der Waals surface area contributed by atoms with E-state index in [1.807, 2.05) is 11.8 Å². The summed E-state index contributed by atoms with van der Waals surface area (Å²) in [5.41, 5.74) is 0. The van der Waals surface area contributed by atoms with Gasteiger partial charge >= 0.3 is 0 Å². The van der Waals surface area contributed by atoms with Crippen molar-refractivity contribution in [1.29, 1.82) is 5.26 Å². The molecule has 1 rings (SSSR count). The number of nitriles is 1. The molecule has 0 saturated carbocycles. The quantitative estimate of drug-likeness (QED) is 0.649. The predicted molar refractivity (Wildman–Crippen MR) is 64.3 cm³/mol. The van der Waals surface area contributed by atoms with Crippen molar-refractivity contribution in [2.45, 2.75) is 13.3 Å². The van der Waals surface area contributed by atoms with Gasteiger partial charge in [0.25, 0.3) is 0 Å². The summed E-state index contributed by atoms with van der Waals surface area (Å²) < 4.78 is 5.03. The first kappa shape index (κ1) is 13.9. The molecular weight excluding hydrogens is 218 g/mol. The molecule has 0 N–H and O–H groups in total. The number of carbonyl (C=O) groups is 1. The molecule has 0 aromatic carbocycles. The van der Waals surface area contributed by atoms with Gasteiger partial charge in [0.15, 0.2) is 0 Å². The van der Waals surface area contributed by atoms with Gasteiger partial charge in [-0.2, -0.15) is 5.26 Å². The van der Waals surface area contributed by atoms with Crippen LogP contribution in [0.3, 0.4) is 0 Å². The fourth-order valence-electron chi connectivity index (χ4n) is 2.03. The van der Waals surface area contributed by atoms with Gasteiger partial charge < -0.3 is 9.64 Å². The molecule has 0 aromatic heterocycles. The van der Waals surface area contributed by atoms with Gasteiger partial charge in [0.1, 0.15) is 0 Å². The highest BCUT2D eigenvalue weighted by Gasteiger charge is 2.21. The van der Waals surface area contributed by atoms with E-state index < -0.39 is 0 Å². The van der Waals surface area contributed by atoms with Crippen LogP contribution in [-0.2, 0) is 9.53 Å². The van der Waals surface area contributed by atoms with Crippen LogP contribution >= 0.6 is 0 Å². The number of ether oxygens (including phenoxy) is 1. The Labute approximate surface area is 103 Å². The van der Waals surface area contributed by atoms with Crippen LogP contribution in [0.1, 0.15) is 13.3 Å². The zero-order valence-electron chi connectivity index (χ0n) is 10.7. The fraction of sp³-hybridized carbons (Fsp3) is 0.833. The molecule has 1 atom stereocenters. The lowest BCUT2D eigenvalue weighted by Gasteiger charge is -2.33. The predicted octanol–water partition coefficient (Wildman–Crippen LogP) is 0.327. The Kier molecular flexibility index (Phi) is 5.95. The molecule has 1 fully saturated rings. The van der Waals surface area contributed by atoms with E-state index >= 15 is 0 Å². The van der Waals surface area contributed by atoms with Gasteiger partial charge in [-0.05, 0) is 5.92 Å². The molecule has 0 aromatic rings. The van der Waals surface area contributed by atoms with Crippen LogP contribution in [0.2, 0.25) is 0 Å². The molecule has 1 unspecified atom stereocenters. The maximum Gasteiger partial charge on any atom is 0.223 e. The third-order valence-electron chi connectivity index (χ3n) is 2.99. The van der Waals surface area contributed by atoms with Gasteiger partial charge in [0, 0.05) is 46.3 Å². The summed E-state index contributed by atoms with van der Waals surface area (Å²) in [7, 11) is 1.65. The van der Waals surface area contributed by atoms with Gasteiger partial charge in [-0.3, -0.25) is 9.69 Å². The number of rotatable bonds is 5. The van der Waals surface area contributed by atoms with Crippen LogP contribution in [0.4, 0.5) is 0 Å². The summed E-state index contributed by atoms with van der Waals surface area (Å²) >= 11 is 0. The number of nitrogens with zero attached hydrogens (tertiary/aromatic N) is 3. The molecule has 0 aliphatic carbocycles. The molecule has 5 heteroatoms. The summed E-state index contributed by atoms with van der Waals surface area (Å²) in [6, 6.07) is 2.14. The van der Waals surface area contributed by atoms with Crippen LogP contribution in [0, 0.1) is 17.2 Å². The van der Waals surface area contributed by atoms with E-state index in [9.17, 15) is 4.79 Å². The van der Waals surface area contributed by atoms with Crippen molar-refractivity contribution in [2.75, 3.05) is 46.4 Å². The molecule has 0 radical (unpaired) electrons. The zero-order valence-corrected chi connectivity index (χ0v) is 10.7. The number of amides is 1. The second-order valence-electron chi connectivity index (χ2n) is 4.58. The van der Waals surface area contributed by atoms with Gasteiger partial charge in [-0.15, -0.1) is 0 Å². The summed E-state index contributed by atoms with van der Waals surface area (Å²) in [4.78, 5) is 15.9. The third kappa shape index (κ3) is 4.72. The average molecular weight is 239 g/mol. The molecule has 96 valence electrons. The maximum absolute atomic E-state index is 11.9. The van der Waals surface area contributed by atoms with Gasteiger partial charge in [0.2, 0.25) is 5.91 Å².